The van der Waals surface area contributed by atoms with Crippen LogP contribution in [0, 0.1) is 5.82 Å². The molecule has 10 heteroatoms. The standard InChI is InChI=1S/C21H19FN2O6S/c22-19-14-18(7-8-20(19)29-13-1-2-21(25)26)31(27,28)24-15-3-5-16(6-4-15)30-17-9-11-23-12-10-17/h3-12,14,24H,1-2,13H2,(H,25,26). The van der Waals surface area contributed by atoms with Crippen molar-refractivity contribution in [2.45, 2.75) is 17.7 Å². The van der Waals surface area contributed by atoms with Crippen molar-refractivity contribution in [3.63, 3.8) is 0 Å². The number of benzene rings is 2. The van der Waals surface area contributed by atoms with Gasteiger partial charge in [0.25, 0.3) is 10.0 Å². The summed E-state index contributed by atoms with van der Waals surface area (Å²) in [5, 5.41) is 8.58. The van der Waals surface area contributed by atoms with E-state index in [1.807, 2.05) is 0 Å². The molecule has 0 saturated carbocycles. The van der Waals surface area contributed by atoms with Gasteiger partial charge < -0.3 is 14.6 Å². The third-order valence-corrected chi connectivity index (χ3v) is 5.38. The number of halogens is 1. The van der Waals surface area contributed by atoms with Gasteiger partial charge in [0.15, 0.2) is 11.6 Å². The van der Waals surface area contributed by atoms with Gasteiger partial charge in [-0.05, 0) is 61.0 Å². The molecule has 3 rings (SSSR count). The Hall–Kier alpha value is -3.66. The largest absolute Gasteiger partial charge is 0.491 e. The molecule has 2 aromatic carbocycles. The van der Waals surface area contributed by atoms with E-state index in [0.29, 0.717) is 11.5 Å². The number of carboxylic acid groups (broad SMARTS) is 1. The predicted octanol–water partition coefficient (Wildman–Crippen LogP) is 4.06. The van der Waals surface area contributed by atoms with Crippen molar-refractivity contribution in [1.29, 1.82) is 0 Å². The van der Waals surface area contributed by atoms with Gasteiger partial charge >= 0.3 is 5.97 Å². The minimum Gasteiger partial charge on any atom is -0.491 e. The summed E-state index contributed by atoms with van der Waals surface area (Å²) in [7, 11) is -4.03. The number of hydrogen-bond donors (Lipinski definition) is 2. The van der Waals surface area contributed by atoms with Crippen LogP contribution in [0.5, 0.6) is 17.2 Å². The lowest BCUT2D eigenvalue weighted by atomic mass is 10.3. The molecule has 1 heterocycles. The zero-order valence-electron chi connectivity index (χ0n) is 16.2. The first kappa shape index (κ1) is 22.0. The van der Waals surface area contributed by atoms with E-state index in [2.05, 4.69) is 9.71 Å². The smallest absolute Gasteiger partial charge is 0.303 e. The molecular weight excluding hydrogens is 427 g/mol. The molecule has 0 amide bonds. The van der Waals surface area contributed by atoms with E-state index in [9.17, 15) is 17.6 Å². The molecule has 0 fully saturated rings. The molecule has 0 atom stereocenters. The number of aromatic nitrogens is 1. The number of aliphatic carboxylic acids is 1. The fraction of sp³-hybridized carbons (Fsp3) is 0.143. The van der Waals surface area contributed by atoms with E-state index in [0.717, 1.165) is 6.07 Å². The highest BCUT2D eigenvalue weighted by Crippen LogP contribution is 2.25. The highest BCUT2D eigenvalue weighted by molar-refractivity contribution is 7.92. The molecule has 0 aliphatic carbocycles. The van der Waals surface area contributed by atoms with Gasteiger partial charge in [0.05, 0.1) is 11.5 Å². The zero-order valence-corrected chi connectivity index (χ0v) is 17.0. The maximum absolute atomic E-state index is 14.2. The summed E-state index contributed by atoms with van der Waals surface area (Å²) >= 11 is 0. The van der Waals surface area contributed by atoms with E-state index < -0.39 is 21.8 Å². The number of carbonyl (C=O) groups is 1. The van der Waals surface area contributed by atoms with Crippen molar-refractivity contribution in [2.24, 2.45) is 0 Å². The fourth-order valence-corrected chi connectivity index (χ4v) is 3.59. The predicted molar refractivity (Wildman–Crippen MR) is 110 cm³/mol. The van der Waals surface area contributed by atoms with Gasteiger partial charge in [-0.3, -0.25) is 14.5 Å². The molecule has 0 aliphatic rings. The van der Waals surface area contributed by atoms with Crippen molar-refractivity contribution in [2.75, 3.05) is 11.3 Å². The molecule has 0 radical (unpaired) electrons. The Morgan fingerprint density at radius 1 is 1.03 bits per heavy atom. The average Bonchev–Trinajstić information content (AvgIpc) is 2.74. The van der Waals surface area contributed by atoms with E-state index in [4.69, 9.17) is 14.6 Å². The molecule has 0 unspecified atom stereocenters. The molecule has 0 bridgehead atoms. The number of hydrogen-bond acceptors (Lipinski definition) is 6. The Bertz CT molecular complexity index is 1140. The number of nitrogens with one attached hydrogen (secondary N) is 1. The van der Waals surface area contributed by atoms with Crippen molar-refractivity contribution in [1.82, 2.24) is 4.98 Å². The van der Waals surface area contributed by atoms with Gasteiger partial charge in [0, 0.05) is 24.5 Å². The van der Waals surface area contributed by atoms with Crippen molar-refractivity contribution in [3.05, 3.63) is 72.8 Å². The summed E-state index contributed by atoms with van der Waals surface area (Å²) in [5.41, 5.74) is 0.275. The third-order valence-electron chi connectivity index (χ3n) is 4.00. The topological polar surface area (TPSA) is 115 Å². The number of rotatable bonds is 10. The van der Waals surface area contributed by atoms with Gasteiger partial charge in [-0.15, -0.1) is 0 Å². The lowest BCUT2D eigenvalue weighted by molar-refractivity contribution is -0.137. The number of ether oxygens (including phenoxy) is 2. The molecule has 2 N–H and O–H groups in total. The quantitative estimate of drug-likeness (QED) is 0.451. The molecule has 1 aromatic heterocycles. The molecule has 0 spiro atoms. The SMILES string of the molecule is O=C(O)CCCOc1ccc(S(=O)(=O)Nc2ccc(Oc3ccncc3)cc2)cc1F. The van der Waals surface area contributed by atoms with Gasteiger partial charge in [-0.1, -0.05) is 0 Å². The van der Waals surface area contributed by atoms with E-state index >= 15 is 0 Å². The summed E-state index contributed by atoms with van der Waals surface area (Å²) in [6.45, 7) is 0.00147. The van der Waals surface area contributed by atoms with Gasteiger partial charge in [0.2, 0.25) is 0 Å². The van der Waals surface area contributed by atoms with Crippen LogP contribution in [0.3, 0.4) is 0 Å². The number of anilines is 1. The monoisotopic (exact) mass is 446 g/mol. The number of sulfonamides is 1. The van der Waals surface area contributed by atoms with Crippen LogP contribution >= 0.6 is 0 Å². The second-order valence-corrected chi connectivity index (χ2v) is 8.04. The van der Waals surface area contributed by atoms with Crippen molar-refractivity contribution >= 4 is 21.7 Å². The van der Waals surface area contributed by atoms with Crippen LogP contribution in [0.2, 0.25) is 0 Å². The summed E-state index contributed by atoms with van der Waals surface area (Å²) in [6, 6.07) is 12.8. The molecule has 0 saturated heterocycles. The van der Waals surface area contributed by atoms with Crippen LogP contribution in [0.25, 0.3) is 0 Å². The van der Waals surface area contributed by atoms with Crippen LogP contribution in [0.15, 0.2) is 71.9 Å². The second kappa shape index (κ2) is 9.90. The number of carboxylic acids is 1. The molecule has 162 valence electrons. The van der Waals surface area contributed by atoms with Crippen LogP contribution in [0.4, 0.5) is 10.1 Å². The Morgan fingerprint density at radius 2 is 1.71 bits per heavy atom. The highest BCUT2D eigenvalue weighted by Gasteiger charge is 2.17. The Kier molecular flexibility index (Phi) is 7.03. The summed E-state index contributed by atoms with van der Waals surface area (Å²) < 4.78 is 52.5. The molecule has 0 aliphatic heterocycles. The molecule has 31 heavy (non-hydrogen) atoms. The van der Waals surface area contributed by atoms with Crippen molar-refractivity contribution in [3.8, 4) is 17.2 Å². The maximum atomic E-state index is 14.2. The van der Waals surface area contributed by atoms with Crippen molar-refractivity contribution < 1.29 is 32.2 Å². The first-order chi connectivity index (χ1) is 14.8. The van der Waals surface area contributed by atoms with Crippen LogP contribution < -0.4 is 14.2 Å². The Labute approximate surface area is 178 Å². The summed E-state index contributed by atoms with van der Waals surface area (Å²) in [5.74, 6) is -0.900. The fourth-order valence-electron chi connectivity index (χ4n) is 2.52. The van der Waals surface area contributed by atoms with E-state index in [1.54, 1.807) is 36.7 Å². The van der Waals surface area contributed by atoms with Crippen LogP contribution in [-0.4, -0.2) is 31.1 Å². The molecule has 8 nitrogen and oxygen atoms in total. The van der Waals surface area contributed by atoms with E-state index in [-0.39, 0.29) is 35.8 Å². The number of pyridine rings is 1. The summed E-state index contributed by atoms with van der Waals surface area (Å²) in [6.07, 6.45) is 3.27. The second-order valence-electron chi connectivity index (χ2n) is 6.35. The zero-order chi connectivity index (χ0) is 22.3. The highest BCUT2D eigenvalue weighted by atomic mass is 32.2. The molecular formula is C21H19FN2O6S. The molecule has 3 aromatic rings. The lowest BCUT2D eigenvalue weighted by Crippen LogP contribution is -2.13. The van der Waals surface area contributed by atoms with Crippen LogP contribution in [-0.2, 0) is 14.8 Å². The van der Waals surface area contributed by atoms with Gasteiger partial charge in [-0.25, -0.2) is 12.8 Å². The minimum absolute atomic E-state index is 0.00147. The first-order valence-electron chi connectivity index (χ1n) is 9.18. The average molecular weight is 446 g/mol. The Morgan fingerprint density at radius 3 is 2.35 bits per heavy atom. The van der Waals surface area contributed by atoms with Gasteiger partial charge in [0.1, 0.15) is 11.5 Å². The third kappa shape index (κ3) is 6.41. The Balaban J connectivity index is 1.63. The number of nitrogens with zero attached hydrogens (tertiary/aromatic N) is 1. The van der Waals surface area contributed by atoms with E-state index in [1.165, 1.54) is 24.3 Å². The minimum atomic E-state index is -4.03. The normalized spacial score (nSPS) is 11.0. The van der Waals surface area contributed by atoms with Gasteiger partial charge in [-0.2, -0.15) is 0 Å². The van der Waals surface area contributed by atoms with Crippen LogP contribution in [0.1, 0.15) is 12.8 Å². The maximum Gasteiger partial charge on any atom is 0.303 e. The lowest BCUT2D eigenvalue weighted by Gasteiger charge is -2.11. The first-order valence-corrected chi connectivity index (χ1v) is 10.7. The summed E-state index contributed by atoms with van der Waals surface area (Å²) in [4.78, 5) is 14.1.